The number of benzene rings is 1. The largest absolute Gasteiger partial charge is 0.193 e. The van der Waals surface area contributed by atoms with E-state index in [2.05, 4.69) is 32.0 Å². The Kier molecular flexibility index (Phi) is 2.60. The van der Waals surface area contributed by atoms with Crippen LogP contribution in [0.5, 0.6) is 0 Å². The molecular weight excluding hydrogens is 182 g/mol. The molecule has 0 amide bonds. The van der Waals surface area contributed by atoms with Crippen LogP contribution < -0.4 is 0 Å². The summed E-state index contributed by atoms with van der Waals surface area (Å²) in [6.45, 7) is 4.28. The third-order valence-electron chi connectivity index (χ3n) is 3.07. The SMILES string of the molecule is Cc1cc(C)c2c(c1)C(=CC#N)CCC2. The van der Waals surface area contributed by atoms with Crippen molar-refractivity contribution < 1.29 is 0 Å². The molecule has 0 fully saturated rings. The van der Waals surface area contributed by atoms with E-state index in [0.717, 1.165) is 12.8 Å². The molecule has 0 aliphatic heterocycles. The van der Waals surface area contributed by atoms with Crippen LogP contribution in [0, 0.1) is 25.2 Å². The van der Waals surface area contributed by atoms with Crippen LogP contribution in [-0.2, 0) is 6.42 Å². The van der Waals surface area contributed by atoms with E-state index in [9.17, 15) is 0 Å². The summed E-state index contributed by atoms with van der Waals surface area (Å²) >= 11 is 0. The quantitative estimate of drug-likeness (QED) is 0.583. The van der Waals surface area contributed by atoms with Crippen LogP contribution in [0.15, 0.2) is 18.2 Å². The van der Waals surface area contributed by atoms with E-state index < -0.39 is 0 Å². The van der Waals surface area contributed by atoms with Gasteiger partial charge in [-0.25, -0.2) is 0 Å². The Morgan fingerprint density at radius 3 is 2.80 bits per heavy atom. The molecule has 0 bridgehead atoms. The standard InChI is InChI=1S/C14H15N/c1-10-8-11(2)13-5-3-4-12(6-7-15)14(13)9-10/h6,8-9H,3-5H2,1-2H3. The average molecular weight is 197 g/mol. The fraction of sp³-hybridized carbons (Fsp3) is 0.357. The van der Waals surface area contributed by atoms with Gasteiger partial charge < -0.3 is 0 Å². The molecule has 0 saturated heterocycles. The zero-order chi connectivity index (χ0) is 10.8. The van der Waals surface area contributed by atoms with E-state index in [1.807, 2.05) is 0 Å². The molecule has 0 spiro atoms. The fourth-order valence-corrected chi connectivity index (χ4v) is 2.43. The second-order valence-corrected chi connectivity index (χ2v) is 4.26. The summed E-state index contributed by atoms with van der Waals surface area (Å²) in [5.41, 5.74) is 6.62. The Bertz CT molecular complexity index is 461. The number of aryl methyl sites for hydroxylation is 2. The molecule has 0 unspecified atom stereocenters. The molecule has 1 aliphatic rings. The summed E-state index contributed by atoms with van der Waals surface area (Å²) in [7, 11) is 0. The molecule has 1 aliphatic carbocycles. The second kappa shape index (κ2) is 3.90. The predicted octanol–water partition coefficient (Wildman–Crippen LogP) is 3.55. The number of hydrogen-bond donors (Lipinski definition) is 0. The summed E-state index contributed by atoms with van der Waals surface area (Å²) in [5.74, 6) is 0. The van der Waals surface area contributed by atoms with Crippen LogP contribution in [0.2, 0.25) is 0 Å². The first-order valence-electron chi connectivity index (χ1n) is 5.41. The highest BCUT2D eigenvalue weighted by Gasteiger charge is 2.15. The number of nitrogens with zero attached hydrogens (tertiary/aromatic N) is 1. The summed E-state index contributed by atoms with van der Waals surface area (Å²) in [4.78, 5) is 0. The molecule has 1 nitrogen and oxygen atoms in total. The van der Waals surface area contributed by atoms with Crippen LogP contribution in [0.1, 0.15) is 35.1 Å². The van der Waals surface area contributed by atoms with Crippen LogP contribution in [-0.4, -0.2) is 0 Å². The van der Waals surface area contributed by atoms with E-state index in [-0.39, 0.29) is 0 Å². The number of rotatable bonds is 0. The maximum Gasteiger partial charge on any atom is 0.0915 e. The van der Waals surface area contributed by atoms with Gasteiger partial charge in [-0.15, -0.1) is 0 Å². The van der Waals surface area contributed by atoms with Gasteiger partial charge in [0.2, 0.25) is 0 Å². The Morgan fingerprint density at radius 2 is 2.07 bits per heavy atom. The highest BCUT2D eigenvalue weighted by atomic mass is 14.2. The lowest BCUT2D eigenvalue weighted by atomic mass is 9.84. The van der Waals surface area contributed by atoms with E-state index in [1.54, 1.807) is 6.08 Å². The first-order chi connectivity index (χ1) is 7.22. The second-order valence-electron chi connectivity index (χ2n) is 4.26. The van der Waals surface area contributed by atoms with Crippen LogP contribution in [0.3, 0.4) is 0 Å². The normalized spacial score (nSPS) is 17.3. The summed E-state index contributed by atoms with van der Waals surface area (Å²) in [5, 5.41) is 8.76. The summed E-state index contributed by atoms with van der Waals surface area (Å²) < 4.78 is 0. The smallest absolute Gasteiger partial charge is 0.0915 e. The molecule has 76 valence electrons. The lowest BCUT2D eigenvalue weighted by molar-refractivity contribution is 0.815. The Labute approximate surface area is 91.0 Å². The van der Waals surface area contributed by atoms with Crippen molar-refractivity contribution in [3.63, 3.8) is 0 Å². The van der Waals surface area contributed by atoms with Crippen molar-refractivity contribution in [1.29, 1.82) is 5.26 Å². The predicted molar refractivity (Wildman–Crippen MR) is 62.4 cm³/mol. The number of hydrogen-bond acceptors (Lipinski definition) is 1. The van der Waals surface area contributed by atoms with Crippen molar-refractivity contribution in [2.45, 2.75) is 33.1 Å². The van der Waals surface area contributed by atoms with Crippen LogP contribution in [0.25, 0.3) is 5.57 Å². The molecular formula is C14H15N. The molecule has 0 atom stereocenters. The van der Waals surface area contributed by atoms with Gasteiger partial charge in [0.25, 0.3) is 0 Å². The van der Waals surface area contributed by atoms with E-state index in [4.69, 9.17) is 5.26 Å². The molecule has 1 aromatic rings. The Balaban J connectivity index is 2.62. The van der Waals surface area contributed by atoms with Crippen molar-refractivity contribution in [2.75, 3.05) is 0 Å². The molecule has 2 rings (SSSR count). The van der Waals surface area contributed by atoms with Gasteiger partial charge >= 0.3 is 0 Å². The van der Waals surface area contributed by atoms with Gasteiger partial charge in [-0.05, 0) is 55.4 Å². The van der Waals surface area contributed by atoms with E-state index in [1.165, 1.54) is 34.2 Å². The lowest BCUT2D eigenvalue weighted by Gasteiger charge is -2.21. The molecule has 15 heavy (non-hydrogen) atoms. The van der Waals surface area contributed by atoms with Gasteiger partial charge in [0.1, 0.15) is 0 Å². The number of allylic oxidation sites excluding steroid dienone is 2. The van der Waals surface area contributed by atoms with Crippen LogP contribution >= 0.6 is 0 Å². The summed E-state index contributed by atoms with van der Waals surface area (Å²) in [6, 6.07) is 6.60. The third-order valence-corrected chi connectivity index (χ3v) is 3.07. The minimum Gasteiger partial charge on any atom is -0.193 e. The van der Waals surface area contributed by atoms with Gasteiger partial charge in [-0.2, -0.15) is 5.26 Å². The van der Waals surface area contributed by atoms with Crippen molar-refractivity contribution in [3.05, 3.63) is 40.5 Å². The zero-order valence-electron chi connectivity index (χ0n) is 9.30. The van der Waals surface area contributed by atoms with E-state index in [0.29, 0.717) is 0 Å². The first kappa shape index (κ1) is 9.98. The molecule has 0 aromatic heterocycles. The summed E-state index contributed by atoms with van der Waals surface area (Å²) in [6.07, 6.45) is 5.08. The Morgan fingerprint density at radius 1 is 1.27 bits per heavy atom. The molecule has 0 saturated carbocycles. The molecule has 0 N–H and O–H groups in total. The van der Waals surface area contributed by atoms with Crippen molar-refractivity contribution >= 4 is 5.57 Å². The third kappa shape index (κ3) is 1.80. The molecule has 1 heteroatoms. The van der Waals surface area contributed by atoms with Gasteiger partial charge in [0.15, 0.2) is 0 Å². The highest BCUT2D eigenvalue weighted by molar-refractivity contribution is 5.73. The molecule has 0 heterocycles. The van der Waals surface area contributed by atoms with Crippen molar-refractivity contribution in [2.24, 2.45) is 0 Å². The molecule has 0 radical (unpaired) electrons. The van der Waals surface area contributed by atoms with Crippen molar-refractivity contribution in [1.82, 2.24) is 0 Å². The minimum absolute atomic E-state index is 1.05. The Hall–Kier alpha value is -1.55. The fourth-order valence-electron chi connectivity index (χ4n) is 2.43. The van der Waals surface area contributed by atoms with Gasteiger partial charge in [-0.3, -0.25) is 0 Å². The monoisotopic (exact) mass is 197 g/mol. The van der Waals surface area contributed by atoms with E-state index >= 15 is 0 Å². The average Bonchev–Trinajstić information content (AvgIpc) is 2.19. The minimum atomic E-state index is 1.05. The number of fused-ring (bicyclic) bond motifs is 1. The highest BCUT2D eigenvalue weighted by Crippen LogP contribution is 2.33. The van der Waals surface area contributed by atoms with Gasteiger partial charge in [0, 0.05) is 6.08 Å². The topological polar surface area (TPSA) is 23.8 Å². The molecule has 1 aromatic carbocycles. The van der Waals surface area contributed by atoms with Crippen molar-refractivity contribution in [3.8, 4) is 6.07 Å². The first-order valence-corrected chi connectivity index (χ1v) is 5.41. The number of nitriles is 1. The lowest BCUT2D eigenvalue weighted by Crippen LogP contribution is -2.04. The van der Waals surface area contributed by atoms with Crippen LogP contribution in [0.4, 0.5) is 0 Å². The maximum absolute atomic E-state index is 8.76. The zero-order valence-corrected chi connectivity index (χ0v) is 9.30. The maximum atomic E-state index is 8.76. The van der Waals surface area contributed by atoms with Gasteiger partial charge in [-0.1, -0.05) is 17.7 Å². The van der Waals surface area contributed by atoms with Gasteiger partial charge in [0.05, 0.1) is 6.07 Å².